The molecular weight excluding hydrogens is 548 g/mol. The van der Waals surface area contributed by atoms with E-state index in [-0.39, 0.29) is 34.4 Å². The Kier molecular flexibility index (Phi) is 8.29. The molecule has 1 heterocycles. The number of rotatable bonds is 7. The lowest BCUT2D eigenvalue weighted by molar-refractivity contribution is -0.125. The Morgan fingerprint density at radius 3 is 2.59 bits per heavy atom. The zero-order valence-electron chi connectivity index (χ0n) is 27.3. The van der Waals surface area contributed by atoms with E-state index in [1.807, 2.05) is 0 Å². The van der Waals surface area contributed by atoms with Crippen molar-refractivity contribution in [2.75, 3.05) is 19.8 Å². The van der Waals surface area contributed by atoms with Crippen molar-refractivity contribution in [1.82, 2.24) is 5.32 Å². The van der Waals surface area contributed by atoms with Crippen LogP contribution < -0.4 is 5.32 Å². The number of ether oxygens (including phenoxy) is 1. The van der Waals surface area contributed by atoms with Gasteiger partial charge in [-0.1, -0.05) is 60.8 Å². The Bertz CT molecular complexity index is 1350. The van der Waals surface area contributed by atoms with Crippen LogP contribution in [-0.4, -0.2) is 47.7 Å². The average molecular weight is 601 g/mol. The lowest BCUT2D eigenvalue weighted by Crippen LogP contribution is -2.54. The summed E-state index contributed by atoms with van der Waals surface area (Å²) in [6, 6.07) is 10.7. The molecule has 0 spiro atoms. The van der Waals surface area contributed by atoms with Crippen LogP contribution in [0.3, 0.4) is 0 Å². The number of terminal acetylenes is 1. The van der Waals surface area contributed by atoms with E-state index in [4.69, 9.17) is 16.0 Å². The molecule has 4 aliphatic carbocycles. The molecule has 7 atom stereocenters. The number of carbonyl (C=O) groups excluding carboxylic acids is 1. The van der Waals surface area contributed by atoms with Crippen molar-refractivity contribution in [2.24, 2.45) is 33.7 Å². The predicted octanol–water partition coefficient (Wildman–Crippen LogP) is 6.72. The number of carbonyl (C=O) groups is 1. The van der Waals surface area contributed by atoms with Crippen LogP contribution in [0.15, 0.2) is 47.1 Å². The number of oxime groups is 1. The van der Waals surface area contributed by atoms with Crippen LogP contribution in [0.1, 0.15) is 104 Å². The third-order valence-corrected chi connectivity index (χ3v) is 12.9. The van der Waals surface area contributed by atoms with E-state index in [1.54, 1.807) is 0 Å². The van der Waals surface area contributed by atoms with Crippen molar-refractivity contribution < 1.29 is 19.5 Å². The monoisotopic (exact) mass is 600 g/mol. The van der Waals surface area contributed by atoms with Crippen LogP contribution in [0.5, 0.6) is 0 Å². The van der Waals surface area contributed by atoms with Crippen molar-refractivity contribution in [1.29, 1.82) is 0 Å². The molecule has 238 valence electrons. The van der Waals surface area contributed by atoms with E-state index < -0.39 is 5.60 Å². The van der Waals surface area contributed by atoms with Gasteiger partial charge in [0.25, 0.3) is 5.91 Å². The van der Waals surface area contributed by atoms with Gasteiger partial charge in [-0.05, 0) is 119 Å². The Morgan fingerprint density at radius 2 is 1.84 bits per heavy atom. The Labute approximate surface area is 264 Å². The quantitative estimate of drug-likeness (QED) is 0.269. The minimum atomic E-state index is -0.958. The van der Waals surface area contributed by atoms with Gasteiger partial charge < -0.3 is 20.0 Å². The van der Waals surface area contributed by atoms with Crippen LogP contribution in [0.25, 0.3) is 0 Å². The highest BCUT2D eigenvalue weighted by molar-refractivity contribution is 5.96. The Morgan fingerprint density at radius 1 is 1.07 bits per heavy atom. The van der Waals surface area contributed by atoms with Gasteiger partial charge in [0.1, 0.15) is 5.60 Å². The number of amides is 1. The first-order valence-electron chi connectivity index (χ1n) is 17.0. The van der Waals surface area contributed by atoms with E-state index in [2.05, 4.69) is 80.5 Å². The lowest BCUT2D eigenvalue weighted by atomic mass is 9.46. The molecule has 6 rings (SSSR count). The van der Waals surface area contributed by atoms with Crippen LogP contribution in [0, 0.1) is 40.9 Å². The lowest BCUT2D eigenvalue weighted by Gasteiger charge is -2.58. The molecule has 1 aliphatic heterocycles. The number of hydrogen-bond acceptors (Lipinski definition) is 5. The standard InChI is InChI=1S/C38H52N2O4/c1-6-38(42)19-16-32-30-13-12-28-24-29(14-17-35(28,4)31(30)15-18-36(32,38)5)40-44-25-33(41)39-22-20-37(27-10-8-7-9-11-27)21-23-43-34(2,3)26-37/h1,7-11,24,30-32,42H,12-23,25-26H2,2-5H3,(H,39,41)/t30-,31-,32+,35-,36+,37-,38-/m0/s1. The average Bonchev–Trinajstić information content (AvgIpc) is 3.28. The first-order valence-corrected chi connectivity index (χ1v) is 17.0. The maximum atomic E-state index is 12.7. The molecule has 4 fully saturated rings. The Balaban J connectivity index is 1.03. The number of aliphatic hydroxyl groups is 1. The topological polar surface area (TPSA) is 80.2 Å². The van der Waals surface area contributed by atoms with Gasteiger partial charge in [0.2, 0.25) is 0 Å². The van der Waals surface area contributed by atoms with Crippen molar-refractivity contribution in [3.8, 4) is 12.3 Å². The number of allylic oxidation sites excluding steroid dienone is 2. The molecule has 5 aliphatic rings. The third-order valence-electron chi connectivity index (χ3n) is 12.9. The fourth-order valence-corrected chi connectivity index (χ4v) is 10.4. The summed E-state index contributed by atoms with van der Waals surface area (Å²) in [6.07, 6.45) is 18.9. The van der Waals surface area contributed by atoms with Gasteiger partial charge in [-0.15, -0.1) is 6.42 Å². The number of hydrogen-bond donors (Lipinski definition) is 2. The fraction of sp³-hybridized carbons (Fsp3) is 0.684. The summed E-state index contributed by atoms with van der Waals surface area (Å²) in [6.45, 7) is 10.3. The maximum absolute atomic E-state index is 12.7. The summed E-state index contributed by atoms with van der Waals surface area (Å²) in [7, 11) is 0. The normalized spacial score (nSPS) is 40.1. The zero-order valence-corrected chi connectivity index (χ0v) is 27.3. The second-order valence-electron chi connectivity index (χ2n) is 15.6. The molecule has 6 heteroatoms. The molecule has 1 saturated heterocycles. The summed E-state index contributed by atoms with van der Waals surface area (Å²) in [4.78, 5) is 18.3. The molecule has 0 aromatic heterocycles. The number of benzene rings is 1. The predicted molar refractivity (Wildman–Crippen MR) is 174 cm³/mol. The molecule has 0 bridgehead atoms. The van der Waals surface area contributed by atoms with Crippen molar-refractivity contribution in [3.05, 3.63) is 47.5 Å². The minimum absolute atomic E-state index is 0.0193. The van der Waals surface area contributed by atoms with Gasteiger partial charge in [-0.2, -0.15) is 0 Å². The number of fused-ring (bicyclic) bond motifs is 5. The minimum Gasteiger partial charge on any atom is -0.385 e. The molecule has 1 aromatic rings. The van der Waals surface area contributed by atoms with Crippen LogP contribution in [0.2, 0.25) is 0 Å². The highest BCUT2D eigenvalue weighted by Crippen LogP contribution is 2.67. The van der Waals surface area contributed by atoms with Crippen LogP contribution >= 0.6 is 0 Å². The smallest absolute Gasteiger partial charge is 0.260 e. The van der Waals surface area contributed by atoms with Crippen LogP contribution in [0.4, 0.5) is 0 Å². The van der Waals surface area contributed by atoms with Crippen molar-refractivity contribution >= 4 is 11.6 Å². The van der Waals surface area contributed by atoms with Crippen molar-refractivity contribution in [3.63, 3.8) is 0 Å². The molecular formula is C38H52N2O4. The highest BCUT2D eigenvalue weighted by atomic mass is 16.6. The largest absolute Gasteiger partial charge is 0.385 e. The first kappa shape index (κ1) is 31.4. The Hall–Kier alpha value is -2.62. The summed E-state index contributed by atoms with van der Waals surface area (Å²) >= 11 is 0. The molecule has 1 aromatic carbocycles. The molecule has 44 heavy (non-hydrogen) atoms. The van der Waals surface area contributed by atoms with Gasteiger partial charge in [0.15, 0.2) is 6.61 Å². The molecule has 0 unspecified atom stereocenters. The second-order valence-corrected chi connectivity index (χ2v) is 15.6. The summed E-state index contributed by atoms with van der Waals surface area (Å²) in [5.74, 6) is 4.39. The summed E-state index contributed by atoms with van der Waals surface area (Å²) < 4.78 is 6.04. The zero-order chi connectivity index (χ0) is 31.2. The van der Waals surface area contributed by atoms with Gasteiger partial charge in [-0.3, -0.25) is 4.79 Å². The third kappa shape index (κ3) is 5.43. The molecule has 3 saturated carbocycles. The van der Waals surface area contributed by atoms with Crippen LogP contribution in [-0.2, 0) is 19.8 Å². The van der Waals surface area contributed by atoms with E-state index in [0.717, 1.165) is 82.9 Å². The van der Waals surface area contributed by atoms with Gasteiger partial charge in [-0.25, -0.2) is 0 Å². The van der Waals surface area contributed by atoms with E-state index in [0.29, 0.717) is 24.3 Å². The molecule has 2 N–H and O–H groups in total. The van der Waals surface area contributed by atoms with E-state index in [9.17, 15) is 9.90 Å². The second kappa shape index (κ2) is 11.6. The molecule has 0 radical (unpaired) electrons. The SMILES string of the molecule is C#C[C@]1(O)CC[C@@H]2[C@H]3CCC4=CC(=NOCC(=O)NCC[C@]5(c6ccccc6)CCOC(C)(C)C5)CC[C@]4(C)[C@H]3CC[C@]21C. The highest BCUT2D eigenvalue weighted by Gasteiger charge is 2.63. The summed E-state index contributed by atoms with van der Waals surface area (Å²) in [5.41, 5.74) is 2.57. The number of nitrogens with one attached hydrogen (secondary N) is 1. The van der Waals surface area contributed by atoms with Gasteiger partial charge >= 0.3 is 0 Å². The fourth-order valence-electron chi connectivity index (χ4n) is 10.4. The van der Waals surface area contributed by atoms with E-state index >= 15 is 0 Å². The summed E-state index contributed by atoms with van der Waals surface area (Å²) in [5, 5.41) is 18.8. The molecule has 6 nitrogen and oxygen atoms in total. The van der Waals surface area contributed by atoms with E-state index in [1.165, 1.54) is 11.1 Å². The number of nitrogens with zero attached hydrogens (tertiary/aromatic N) is 1. The molecule has 1 amide bonds. The van der Waals surface area contributed by atoms with Gasteiger partial charge in [0, 0.05) is 24.0 Å². The van der Waals surface area contributed by atoms with Gasteiger partial charge in [0.05, 0.1) is 11.3 Å². The first-order chi connectivity index (χ1) is 20.9. The maximum Gasteiger partial charge on any atom is 0.260 e. The van der Waals surface area contributed by atoms with Crippen molar-refractivity contribution in [2.45, 2.75) is 115 Å².